The molecule has 0 amide bonds. The van der Waals surface area contributed by atoms with Crippen molar-refractivity contribution in [2.75, 3.05) is 44.7 Å². The van der Waals surface area contributed by atoms with Crippen molar-refractivity contribution in [3.63, 3.8) is 0 Å². The number of aliphatic imine (C=N–C) groups is 1. The van der Waals surface area contributed by atoms with Crippen LogP contribution in [-0.2, 0) is 6.42 Å². The maximum atomic E-state index is 4.59. The van der Waals surface area contributed by atoms with Crippen molar-refractivity contribution in [3.8, 4) is 0 Å². The average Bonchev–Trinajstić information content (AvgIpc) is 2.99. The molecule has 1 aromatic heterocycles. The van der Waals surface area contributed by atoms with Crippen LogP contribution in [0, 0.1) is 5.92 Å². The molecule has 0 atom stereocenters. The van der Waals surface area contributed by atoms with E-state index in [9.17, 15) is 0 Å². The van der Waals surface area contributed by atoms with Crippen LogP contribution < -0.4 is 10.2 Å². The Bertz CT molecular complexity index is 502. The highest BCUT2D eigenvalue weighted by Gasteiger charge is 2.23. The van der Waals surface area contributed by atoms with Gasteiger partial charge < -0.3 is 15.1 Å². The Hall–Kier alpha value is -1.37. The lowest BCUT2D eigenvalue weighted by atomic mass is 9.85. The molecule has 1 aliphatic heterocycles. The Balaban J connectivity index is 1.49. The SMILES string of the molecule is CCc1nsc(N2CCN(C(=NC)NCC3CCC3)CC2)n1. The standard InChI is InChI=1S/C15H26N6S/c1-3-13-18-15(22-19-13)21-9-7-20(8-10-21)14(16-2)17-11-12-5-4-6-12/h12H,3-11H2,1-2H3,(H,16,17). The van der Waals surface area contributed by atoms with E-state index in [0.29, 0.717) is 0 Å². The van der Waals surface area contributed by atoms with Gasteiger partial charge in [-0.1, -0.05) is 13.3 Å². The van der Waals surface area contributed by atoms with Gasteiger partial charge in [0.15, 0.2) is 5.96 Å². The van der Waals surface area contributed by atoms with Crippen LogP contribution in [0.2, 0.25) is 0 Å². The van der Waals surface area contributed by atoms with Crippen molar-refractivity contribution in [1.29, 1.82) is 0 Å². The molecule has 2 fully saturated rings. The summed E-state index contributed by atoms with van der Waals surface area (Å²) in [6.07, 6.45) is 5.04. The highest BCUT2D eigenvalue weighted by atomic mass is 32.1. The third kappa shape index (κ3) is 3.51. The summed E-state index contributed by atoms with van der Waals surface area (Å²) in [5.74, 6) is 2.87. The molecule has 2 heterocycles. The zero-order chi connectivity index (χ0) is 15.4. The van der Waals surface area contributed by atoms with Crippen LogP contribution in [-0.4, -0.2) is 60.0 Å². The summed E-state index contributed by atoms with van der Waals surface area (Å²) in [7, 11) is 1.88. The average molecular weight is 322 g/mol. The van der Waals surface area contributed by atoms with Crippen molar-refractivity contribution < 1.29 is 0 Å². The number of nitrogens with zero attached hydrogens (tertiary/aromatic N) is 5. The summed E-state index contributed by atoms with van der Waals surface area (Å²) < 4.78 is 4.38. The van der Waals surface area contributed by atoms with Crippen LogP contribution in [0.1, 0.15) is 32.0 Å². The molecule has 2 aliphatic rings. The third-order valence-corrected chi connectivity index (χ3v) is 5.42. The molecule has 22 heavy (non-hydrogen) atoms. The Morgan fingerprint density at radius 2 is 2.09 bits per heavy atom. The monoisotopic (exact) mass is 322 g/mol. The minimum atomic E-state index is 0.854. The number of anilines is 1. The van der Waals surface area contributed by atoms with Gasteiger partial charge in [-0.15, -0.1) is 0 Å². The molecule has 1 saturated heterocycles. The zero-order valence-corrected chi connectivity index (χ0v) is 14.4. The van der Waals surface area contributed by atoms with Gasteiger partial charge in [-0.05, 0) is 18.8 Å². The first-order valence-electron chi connectivity index (χ1n) is 8.33. The lowest BCUT2D eigenvalue weighted by Gasteiger charge is -2.37. The van der Waals surface area contributed by atoms with E-state index in [1.54, 1.807) is 0 Å². The molecule has 0 radical (unpaired) electrons. The molecule has 0 aromatic carbocycles. The van der Waals surface area contributed by atoms with E-state index in [1.807, 2.05) is 7.05 Å². The van der Waals surface area contributed by atoms with E-state index in [2.05, 4.69) is 36.4 Å². The lowest BCUT2D eigenvalue weighted by Crippen LogP contribution is -2.53. The van der Waals surface area contributed by atoms with Crippen molar-refractivity contribution in [2.24, 2.45) is 10.9 Å². The Morgan fingerprint density at radius 1 is 1.32 bits per heavy atom. The normalized spacial score (nSPS) is 20.2. The van der Waals surface area contributed by atoms with Crippen molar-refractivity contribution in [1.82, 2.24) is 19.6 Å². The number of aromatic nitrogens is 2. The topological polar surface area (TPSA) is 56.7 Å². The minimum Gasteiger partial charge on any atom is -0.356 e. The summed E-state index contributed by atoms with van der Waals surface area (Å²) in [5, 5.41) is 4.60. The number of guanidine groups is 1. The molecule has 1 N–H and O–H groups in total. The summed E-state index contributed by atoms with van der Waals surface area (Å²) in [6.45, 7) is 7.13. The van der Waals surface area contributed by atoms with E-state index in [0.717, 1.165) is 62.0 Å². The molecule has 122 valence electrons. The smallest absolute Gasteiger partial charge is 0.205 e. The Morgan fingerprint density at radius 3 is 2.64 bits per heavy atom. The predicted octanol–water partition coefficient (Wildman–Crippen LogP) is 1.60. The number of aryl methyl sites for hydroxylation is 1. The van der Waals surface area contributed by atoms with Gasteiger partial charge in [-0.3, -0.25) is 4.99 Å². The van der Waals surface area contributed by atoms with Gasteiger partial charge in [0.25, 0.3) is 0 Å². The molecule has 0 bridgehead atoms. The van der Waals surface area contributed by atoms with Crippen molar-refractivity contribution in [2.45, 2.75) is 32.6 Å². The zero-order valence-electron chi connectivity index (χ0n) is 13.6. The van der Waals surface area contributed by atoms with E-state index in [4.69, 9.17) is 0 Å². The first-order chi connectivity index (χ1) is 10.8. The van der Waals surface area contributed by atoms with E-state index >= 15 is 0 Å². The van der Waals surface area contributed by atoms with Gasteiger partial charge >= 0.3 is 0 Å². The maximum absolute atomic E-state index is 4.59. The molecule has 1 aromatic rings. The number of rotatable bonds is 4. The van der Waals surface area contributed by atoms with Gasteiger partial charge in [-0.25, -0.2) is 4.98 Å². The van der Waals surface area contributed by atoms with Gasteiger partial charge in [0.1, 0.15) is 5.82 Å². The number of hydrogen-bond donors (Lipinski definition) is 1. The van der Waals surface area contributed by atoms with Crippen LogP contribution in [0.25, 0.3) is 0 Å². The van der Waals surface area contributed by atoms with E-state index in [1.165, 1.54) is 30.8 Å². The fourth-order valence-electron chi connectivity index (χ4n) is 2.89. The lowest BCUT2D eigenvalue weighted by molar-refractivity contribution is 0.305. The van der Waals surface area contributed by atoms with Crippen LogP contribution in [0.5, 0.6) is 0 Å². The third-order valence-electron chi connectivity index (χ3n) is 4.61. The molecular formula is C15H26N6S. The second-order valence-electron chi connectivity index (χ2n) is 6.05. The fourth-order valence-corrected chi connectivity index (χ4v) is 3.69. The first-order valence-corrected chi connectivity index (χ1v) is 9.10. The van der Waals surface area contributed by atoms with E-state index in [-0.39, 0.29) is 0 Å². The molecule has 1 saturated carbocycles. The van der Waals surface area contributed by atoms with Crippen LogP contribution in [0.15, 0.2) is 4.99 Å². The summed E-state index contributed by atoms with van der Waals surface area (Å²) in [5.41, 5.74) is 0. The molecular weight excluding hydrogens is 296 g/mol. The van der Waals surface area contributed by atoms with E-state index < -0.39 is 0 Å². The minimum absolute atomic E-state index is 0.854. The van der Waals surface area contributed by atoms with Crippen molar-refractivity contribution in [3.05, 3.63) is 5.82 Å². The summed E-state index contributed by atoms with van der Waals surface area (Å²) >= 11 is 1.52. The quantitative estimate of drug-likeness (QED) is 0.674. The summed E-state index contributed by atoms with van der Waals surface area (Å²) in [4.78, 5) is 13.7. The van der Waals surface area contributed by atoms with Gasteiger partial charge in [0, 0.05) is 57.7 Å². The van der Waals surface area contributed by atoms with Crippen LogP contribution in [0.3, 0.4) is 0 Å². The Labute approximate surface area is 136 Å². The first kappa shape index (κ1) is 15.5. The van der Waals surface area contributed by atoms with Crippen molar-refractivity contribution >= 4 is 22.6 Å². The van der Waals surface area contributed by atoms with Gasteiger partial charge in [0.2, 0.25) is 5.13 Å². The molecule has 0 spiro atoms. The largest absolute Gasteiger partial charge is 0.356 e. The second-order valence-corrected chi connectivity index (χ2v) is 6.78. The number of nitrogens with one attached hydrogen (secondary N) is 1. The van der Waals surface area contributed by atoms with Gasteiger partial charge in [-0.2, -0.15) is 4.37 Å². The molecule has 0 unspecified atom stereocenters. The molecule has 7 heteroatoms. The molecule has 1 aliphatic carbocycles. The fraction of sp³-hybridized carbons (Fsp3) is 0.800. The van der Waals surface area contributed by atoms with Crippen LogP contribution >= 0.6 is 11.5 Å². The Kier molecular flexibility index (Phi) is 5.12. The van der Waals surface area contributed by atoms with Gasteiger partial charge in [0.05, 0.1) is 0 Å². The highest BCUT2D eigenvalue weighted by Crippen LogP contribution is 2.25. The predicted molar refractivity (Wildman–Crippen MR) is 91.8 cm³/mol. The summed E-state index contributed by atoms with van der Waals surface area (Å²) in [6, 6.07) is 0. The molecule has 6 nitrogen and oxygen atoms in total. The second kappa shape index (κ2) is 7.26. The highest BCUT2D eigenvalue weighted by molar-refractivity contribution is 7.09. The number of piperazine rings is 1. The molecule has 3 rings (SSSR count). The van der Waals surface area contributed by atoms with Crippen LogP contribution in [0.4, 0.5) is 5.13 Å². The maximum Gasteiger partial charge on any atom is 0.205 e. The number of hydrogen-bond acceptors (Lipinski definition) is 5.